The molecule has 0 aromatic rings. The largest absolute Gasteiger partial charge is 0.339 e. The lowest BCUT2D eigenvalue weighted by atomic mass is 9.86. The number of hydrogen-bond acceptors (Lipinski definition) is 3. The molecule has 1 aliphatic carbocycles. The average molecular weight is 309 g/mol. The van der Waals surface area contributed by atoms with Gasteiger partial charge in [-0.25, -0.2) is 0 Å². The molecule has 2 rings (SSSR count). The summed E-state index contributed by atoms with van der Waals surface area (Å²) in [7, 11) is 0. The quantitative estimate of drug-likeness (QED) is 0.841. The van der Waals surface area contributed by atoms with E-state index in [0.717, 1.165) is 12.3 Å². The van der Waals surface area contributed by atoms with Gasteiger partial charge in [0, 0.05) is 45.1 Å². The second kappa shape index (κ2) is 8.51. The molecule has 1 saturated heterocycles. The molecule has 5 heteroatoms. The number of carbonyl (C=O) groups is 2. The van der Waals surface area contributed by atoms with Crippen LogP contribution in [0.2, 0.25) is 0 Å². The van der Waals surface area contributed by atoms with Crippen LogP contribution in [0, 0.1) is 5.92 Å². The monoisotopic (exact) mass is 309 g/mol. The molecule has 0 bridgehead atoms. The second-order valence-electron chi connectivity index (χ2n) is 6.99. The molecule has 2 amide bonds. The van der Waals surface area contributed by atoms with E-state index in [1.54, 1.807) is 0 Å². The first-order chi connectivity index (χ1) is 10.6. The summed E-state index contributed by atoms with van der Waals surface area (Å²) in [6.45, 7) is 4.51. The van der Waals surface area contributed by atoms with Crippen LogP contribution < -0.4 is 5.73 Å². The summed E-state index contributed by atoms with van der Waals surface area (Å²) < 4.78 is 0. The molecule has 126 valence electrons. The van der Waals surface area contributed by atoms with Crippen molar-refractivity contribution < 1.29 is 9.59 Å². The fourth-order valence-electron chi connectivity index (χ4n) is 3.57. The van der Waals surface area contributed by atoms with E-state index in [0.29, 0.717) is 39.0 Å². The molecule has 1 unspecified atom stereocenters. The SMILES string of the molecule is CC(N)CC(=O)N1CCN(C(=O)CCC2CCCCC2)CC1. The van der Waals surface area contributed by atoms with Crippen molar-refractivity contribution in [1.29, 1.82) is 0 Å². The zero-order valence-corrected chi connectivity index (χ0v) is 13.9. The van der Waals surface area contributed by atoms with Crippen molar-refractivity contribution in [2.24, 2.45) is 11.7 Å². The molecule has 1 heterocycles. The van der Waals surface area contributed by atoms with Crippen LogP contribution in [0.5, 0.6) is 0 Å². The number of nitrogens with two attached hydrogens (primary N) is 1. The third kappa shape index (κ3) is 5.27. The Morgan fingerprint density at radius 3 is 2.09 bits per heavy atom. The van der Waals surface area contributed by atoms with Gasteiger partial charge in [-0.1, -0.05) is 32.1 Å². The fourth-order valence-corrected chi connectivity index (χ4v) is 3.57. The van der Waals surface area contributed by atoms with Crippen LogP contribution in [-0.4, -0.2) is 53.8 Å². The first-order valence-corrected chi connectivity index (χ1v) is 8.87. The molecule has 1 atom stereocenters. The maximum atomic E-state index is 12.3. The molecule has 1 saturated carbocycles. The first kappa shape index (κ1) is 17.3. The van der Waals surface area contributed by atoms with Crippen LogP contribution in [0.3, 0.4) is 0 Å². The van der Waals surface area contributed by atoms with E-state index in [4.69, 9.17) is 5.73 Å². The van der Waals surface area contributed by atoms with Crippen molar-refractivity contribution >= 4 is 11.8 Å². The molecule has 22 heavy (non-hydrogen) atoms. The highest BCUT2D eigenvalue weighted by Crippen LogP contribution is 2.27. The fraction of sp³-hybridized carbons (Fsp3) is 0.882. The lowest BCUT2D eigenvalue weighted by Gasteiger charge is -2.35. The van der Waals surface area contributed by atoms with Crippen LogP contribution in [0.15, 0.2) is 0 Å². The topological polar surface area (TPSA) is 66.6 Å². The van der Waals surface area contributed by atoms with Gasteiger partial charge in [0.2, 0.25) is 11.8 Å². The minimum Gasteiger partial charge on any atom is -0.339 e. The lowest BCUT2D eigenvalue weighted by Crippen LogP contribution is -2.51. The third-order valence-electron chi connectivity index (χ3n) is 4.97. The van der Waals surface area contributed by atoms with E-state index in [9.17, 15) is 9.59 Å². The summed E-state index contributed by atoms with van der Waals surface area (Å²) in [6, 6.07) is -0.0948. The van der Waals surface area contributed by atoms with Gasteiger partial charge < -0.3 is 15.5 Å². The van der Waals surface area contributed by atoms with Gasteiger partial charge in [0.05, 0.1) is 0 Å². The van der Waals surface area contributed by atoms with E-state index in [2.05, 4.69) is 0 Å². The standard InChI is InChI=1S/C17H31N3O2/c1-14(18)13-17(22)20-11-9-19(10-12-20)16(21)8-7-15-5-3-2-4-6-15/h14-15H,2-13,18H2,1H3. The number of amides is 2. The summed E-state index contributed by atoms with van der Waals surface area (Å²) in [6.07, 6.45) is 8.75. The molecule has 5 nitrogen and oxygen atoms in total. The Hall–Kier alpha value is -1.10. The lowest BCUT2D eigenvalue weighted by molar-refractivity contribution is -0.139. The van der Waals surface area contributed by atoms with E-state index < -0.39 is 0 Å². The molecule has 0 spiro atoms. The summed E-state index contributed by atoms with van der Waals surface area (Å²) in [5.41, 5.74) is 5.67. The Bertz CT molecular complexity index is 370. The minimum absolute atomic E-state index is 0.0948. The number of piperazine rings is 1. The van der Waals surface area contributed by atoms with Gasteiger partial charge in [-0.05, 0) is 19.3 Å². The average Bonchev–Trinajstić information content (AvgIpc) is 2.53. The van der Waals surface area contributed by atoms with E-state index >= 15 is 0 Å². The maximum Gasteiger partial charge on any atom is 0.224 e. The van der Waals surface area contributed by atoms with Gasteiger partial charge in [-0.3, -0.25) is 9.59 Å². The van der Waals surface area contributed by atoms with Crippen molar-refractivity contribution in [2.45, 2.75) is 64.3 Å². The van der Waals surface area contributed by atoms with Crippen LogP contribution in [0.4, 0.5) is 0 Å². The number of rotatable bonds is 5. The van der Waals surface area contributed by atoms with Gasteiger partial charge in [-0.2, -0.15) is 0 Å². The Balaban J connectivity index is 1.67. The molecule has 2 aliphatic rings. The summed E-state index contributed by atoms with van der Waals surface area (Å²) in [5.74, 6) is 1.14. The molecule has 0 radical (unpaired) electrons. The van der Waals surface area contributed by atoms with Gasteiger partial charge in [0.1, 0.15) is 0 Å². The minimum atomic E-state index is -0.0948. The van der Waals surface area contributed by atoms with Crippen LogP contribution >= 0.6 is 0 Å². The van der Waals surface area contributed by atoms with Gasteiger partial charge >= 0.3 is 0 Å². The highest BCUT2D eigenvalue weighted by atomic mass is 16.2. The van der Waals surface area contributed by atoms with Crippen molar-refractivity contribution in [2.75, 3.05) is 26.2 Å². The molecule has 1 aliphatic heterocycles. The molecule has 2 fully saturated rings. The van der Waals surface area contributed by atoms with Gasteiger partial charge in [-0.15, -0.1) is 0 Å². The molecule has 0 aromatic heterocycles. The zero-order valence-electron chi connectivity index (χ0n) is 13.9. The Morgan fingerprint density at radius 2 is 1.55 bits per heavy atom. The maximum absolute atomic E-state index is 12.3. The van der Waals surface area contributed by atoms with Crippen molar-refractivity contribution in [3.8, 4) is 0 Å². The van der Waals surface area contributed by atoms with Crippen LogP contribution in [-0.2, 0) is 9.59 Å². The molecule has 2 N–H and O–H groups in total. The Labute approximate surface area is 134 Å². The first-order valence-electron chi connectivity index (χ1n) is 8.87. The highest BCUT2D eigenvalue weighted by Gasteiger charge is 2.25. The van der Waals surface area contributed by atoms with Gasteiger partial charge in [0.15, 0.2) is 0 Å². The van der Waals surface area contributed by atoms with E-state index in [1.165, 1.54) is 32.1 Å². The highest BCUT2D eigenvalue weighted by molar-refractivity contribution is 5.78. The normalized spacial score (nSPS) is 21.7. The molecular weight excluding hydrogens is 278 g/mol. The van der Waals surface area contributed by atoms with Crippen LogP contribution in [0.25, 0.3) is 0 Å². The third-order valence-corrected chi connectivity index (χ3v) is 4.97. The van der Waals surface area contributed by atoms with Crippen LogP contribution in [0.1, 0.15) is 58.3 Å². The van der Waals surface area contributed by atoms with E-state index in [1.807, 2.05) is 16.7 Å². The summed E-state index contributed by atoms with van der Waals surface area (Å²) in [5, 5.41) is 0. The predicted molar refractivity (Wildman–Crippen MR) is 87.2 cm³/mol. The summed E-state index contributed by atoms with van der Waals surface area (Å²) >= 11 is 0. The van der Waals surface area contributed by atoms with Crippen molar-refractivity contribution in [1.82, 2.24) is 9.80 Å². The molecular formula is C17H31N3O2. The Kier molecular flexibility index (Phi) is 6.68. The predicted octanol–water partition coefficient (Wildman–Crippen LogP) is 1.75. The Morgan fingerprint density at radius 1 is 1.00 bits per heavy atom. The molecule has 0 aromatic carbocycles. The number of hydrogen-bond donors (Lipinski definition) is 1. The zero-order chi connectivity index (χ0) is 15.9. The van der Waals surface area contributed by atoms with E-state index in [-0.39, 0.29) is 17.9 Å². The number of nitrogens with zero attached hydrogens (tertiary/aromatic N) is 2. The van der Waals surface area contributed by atoms with Crippen molar-refractivity contribution in [3.63, 3.8) is 0 Å². The smallest absolute Gasteiger partial charge is 0.224 e. The van der Waals surface area contributed by atoms with Gasteiger partial charge in [0.25, 0.3) is 0 Å². The second-order valence-corrected chi connectivity index (χ2v) is 6.99. The summed E-state index contributed by atoms with van der Waals surface area (Å²) in [4.78, 5) is 28.0. The van der Waals surface area contributed by atoms with Crippen molar-refractivity contribution in [3.05, 3.63) is 0 Å². The number of carbonyl (C=O) groups excluding carboxylic acids is 2.